The van der Waals surface area contributed by atoms with Gasteiger partial charge in [-0.1, -0.05) is 38.7 Å². The van der Waals surface area contributed by atoms with Crippen molar-refractivity contribution in [3.05, 3.63) is 34.9 Å². The molecular weight excluding hydrogens is 268 g/mol. The van der Waals surface area contributed by atoms with Crippen LogP contribution in [0.2, 0.25) is 0 Å². The van der Waals surface area contributed by atoms with E-state index in [1.807, 2.05) is 0 Å². The van der Waals surface area contributed by atoms with Crippen LogP contribution in [0.15, 0.2) is 12.1 Å². The third-order valence-electron chi connectivity index (χ3n) is 4.65. The minimum atomic E-state index is -0.418. The lowest BCUT2D eigenvalue weighted by atomic mass is 9.93. The van der Waals surface area contributed by atoms with Gasteiger partial charge in [0, 0.05) is 11.6 Å². The fourth-order valence-electron chi connectivity index (χ4n) is 3.37. The predicted octanol–water partition coefficient (Wildman–Crippen LogP) is 5.28. The van der Waals surface area contributed by atoms with E-state index in [0.717, 1.165) is 31.7 Å². The Morgan fingerprint density at radius 3 is 2.62 bits per heavy atom. The van der Waals surface area contributed by atoms with Gasteiger partial charge in [0.15, 0.2) is 0 Å². The Hall–Kier alpha value is -0.960. The summed E-state index contributed by atoms with van der Waals surface area (Å²) < 4.78 is 28.5. The Labute approximate surface area is 127 Å². The second kappa shape index (κ2) is 7.88. The Morgan fingerprint density at radius 1 is 1.24 bits per heavy atom. The summed E-state index contributed by atoms with van der Waals surface area (Å²) >= 11 is 0. The molecule has 0 amide bonds. The first-order valence-corrected chi connectivity index (χ1v) is 8.31. The SMILES string of the molecule is CCCNC(CCC1CCCC1)c1c(F)ccc(C)c1F. The van der Waals surface area contributed by atoms with Gasteiger partial charge in [-0.2, -0.15) is 0 Å². The zero-order valence-electron chi connectivity index (χ0n) is 13.2. The third-order valence-corrected chi connectivity index (χ3v) is 4.65. The maximum atomic E-state index is 14.4. The minimum Gasteiger partial charge on any atom is -0.310 e. The van der Waals surface area contributed by atoms with Crippen molar-refractivity contribution in [1.29, 1.82) is 0 Å². The molecule has 0 heterocycles. The molecule has 0 saturated heterocycles. The molecule has 1 saturated carbocycles. The Bertz CT molecular complexity index is 453. The number of benzene rings is 1. The standard InChI is InChI=1S/C18H27F2N/c1-3-12-21-16(11-9-14-6-4-5-7-14)17-15(19)10-8-13(2)18(17)20/h8,10,14,16,21H,3-7,9,11-12H2,1-2H3. The second-order valence-electron chi connectivity index (χ2n) is 6.33. The molecule has 0 bridgehead atoms. The zero-order chi connectivity index (χ0) is 15.2. The predicted molar refractivity (Wildman–Crippen MR) is 83.3 cm³/mol. The molecule has 1 fully saturated rings. The van der Waals surface area contributed by atoms with E-state index in [1.54, 1.807) is 6.92 Å². The molecule has 1 nitrogen and oxygen atoms in total. The minimum absolute atomic E-state index is 0.203. The molecule has 1 aliphatic carbocycles. The van der Waals surface area contributed by atoms with E-state index in [9.17, 15) is 8.78 Å². The molecule has 1 aromatic carbocycles. The van der Waals surface area contributed by atoms with Gasteiger partial charge < -0.3 is 5.32 Å². The highest BCUT2D eigenvalue weighted by molar-refractivity contribution is 5.29. The van der Waals surface area contributed by atoms with Crippen molar-refractivity contribution in [1.82, 2.24) is 5.32 Å². The Kier molecular flexibility index (Phi) is 6.16. The normalized spacial score (nSPS) is 17.3. The van der Waals surface area contributed by atoms with Crippen LogP contribution in [0.25, 0.3) is 0 Å². The van der Waals surface area contributed by atoms with E-state index in [2.05, 4.69) is 12.2 Å². The first kappa shape index (κ1) is 16.4. The highest BCUT2D eigenvalue weighted by Gasteiger charge is 2.23. The number of hydrogen-bond donors (Lipinski definition) is 1. The van der Waals surface area contributed by atoms with Crippen LogP contribution in [0.5, 0.6) is 0 Å². The van der Waals surface area contributed by atoms with Gasteiger partial charge >= 0.3 is 0 Å². The molecule has 1 aromatic rings. The molecule has 0 spiro atoms. The molecule has 0 aromatic heterocycles. The first-order valence-electron chi connectivity index (χ1n) is 8.31. The van der Waals surface area contributed by atoms with Crippen LogP contribution in [-0.4, -0.2) is 6.54 Å². The monoisotopic (exact) mass is 295 g/mol. The summed E-state index contributed by atoms with van der Waals surface area (Å²) in [6, 6.07) is 2.71. The van der Waals surface area contributed by atoms with Crippen molar-refractivity contribution in [2.24, 2.45) is 5.92 Å². The zero-order valence-corrected chi connectivity index (χ0v) is 13.2. The van der Waals surface area contributed by atoms with E-state index in [-0.39, 0.29) is 17.4 Å². The van der Waals surface area contributed by atoms with Crippen LogP contribution in [0, 0.1) is 24.5 Å². The maximum absolute atomic E-state index is 14.4. The van der Waals surface area contributed by atoms with E-state index < -0.39 is 5.82 Å². The summed E-state index contributed by atoms with van der Waals surface area (Å²) in [5.74, 6) is -0.0555. The molecule has 0 radical (unpaired) electrons. The summed E-state index contributed by atoms with van der Waals surface area (Å²) in [5.41, 5.74) is 0.761. The van der Waals surface area contributed by atoms with E-state index in [0.29, 0.717) is 5.56 Å². The van der Waals surface area contributed by atoms with Gasteiger partial charge in [0.05, 0.1) is 0 Å². The fraction of sp³-hybridized carbons (Fsp3) is 0.667. The molecule has 1 aliphatic rings. The van der Waals surface area contributed by atoms with Gasteiger partial charge in [-0.25, -0.2) is 8.78 Å². The van der Waals surface area contributed by atoms with Crippen LogP contribution in [-0.2, 0) is 0 Å². The van der Waals surface area contributed by atoms with Crippen LogP contribution >= 0.6 is 0 Å². The lowest BCUT2D eigenvalue weighted by Gasteiger charge is -2.22. The molecule has 21 heavy (non-hydrogen) atoms. The van der Waals surface area contributed by atoms with Crippen LogP contribution < -0.4 is 5.32 Å². The molecule has 2 rings (SSSR count). The second-order valence-corrected chi connectivity index (χ2v) is 6.33. The average molecular weight is 295 g/mol. The van der Waals surface area contributed by atoms with Crippen LogP contribution in [0.3, 0.4) is 0 Å². The van der Waals surface area contributed by atoms with Gasteiger partial charge in [-0.15, -0.1) is 0 Å². The van der Waals surface area contributed by atoms with Gasteiger partial charge in [0.25, 0.3) is 0 Å². The van der Waals surface area contributed by atoms with Crippen molar-refractivity contribution in [2.45, 2.75) is 64.8 Å². The number of hydrogen-bond acceptors (Lipinski definition) is 1. The summed E-state index contributed by atoms with van der Waals surface area (Å²) in [7, 11) is 0. The van der Waals surface area contributed by atoms with Crippen molar-refractivity contribution < 1.29 is 8.78 Å². The smallest absolute Gasteiger partial charge is 0.133 e. The maximum Gasteiger partial charge on any atom is 0.133 e. The van der Waals surface area contributed by atoms with Crippen molar-refractivity contribution in [3.8, 4) is 0 Å². The van der Waals surface area contributed by atoms with Crippen molar-refractivity contribution >= 4 is 0 Å². The van der Waals surface area contributed by atoms with Gasteiger partial charge in [0.1, 0.15) is 11.6 Å². The van der Waals surface area contributed by atoms with Crippen LogP contribution in [0.1, 0.15) is 69.0 Å². The van der Waals surface area contributed by atoms with Gasteiger partial charge in [-0.05, 0) is 50.3 Å². The molecule has 1 N–H and O–H groups in total. The van der Waals surface area contributed by atoms with Crippen molar-refractivity contribution in [2.75, 3.05) is 6.54 Å². The third kappa shape index (κ3) is 4.26. The van der Waals surface area contributed by atoms with E-state index in [1.165, 1.54) is 37.8 Å². The number of rotatable bonds is 7. The number of nitrogens with one attached hydrogen (secondary N) is 1. The Morgan fingerprint density at radius 2 is 1.95 bits per heavy atom. The average Bonchev–Trinajstić information content (AvgIpc) is 2.98. The molecule has 1 atom stereocenters. The first-order chi connectivity index (χ1) is 10.1. The van der Waals surface area contributed by atoms with Gasteiger partial charge in [0.2, 0.25) is 0 Å². The summed E-state index contributed by atoms with van der Waals surface area (Å²) in [4.78, 5) is 0. The lowest BCUT2D eigenvalue weighted by molar-refractivity contribution is 0.390. The lowest BCUT2D eigenvalue weighted by Crippen LogP contribution is -2.25. The van der Waals surface area contributed by atoms with Crippen LogP contribution in [0.4, 0.5) is 8.78 Å². The quantitative estimate of drug-likeness (QED) is 0.721. The molecule has 1 unspecified atom stereocenters. The van der Waals surface area contributed by atoms with Gasteiger partial charge in [-0.3, -0.25) is 0 Å². The number of halogens is 2. The topological polar surface area (TPSA) is 12.0 Å². The highest BCUT2D eigenvalue weighted by atomic mass is 19.1. The summed E-state index contributed by atoms with van der Waals surface area (Å²) in [6.07, 6.45) is 8.03. The van der Waals surface area contributed by atoms with Crippen molar-refractivity contribution in [3.63, 3.8) is 0 Å². The molecule has 3 heteroatoms. The molecule has 0 aliphatic heterocycles. The highest BCUT2D eigenvalue weighted by Crippen LogP contribution is 2.33. The summed E-state index contributed by atoms with van der Waals surface area (Å²) in [5, 5.41) is 3.34. The van der Waals surface area contributed by atoms with E-state index in [4.69, 9.17) is 0 Å². The molecule has 118 valence electrons. The largest absolute Gasteiger partial charge is 0.310 e. The fourth-order valence-corrected chi connectivity index (χ4v) is 3.37. The molecular formula is C18H27F2N. The number of aryl methyl sites for hydroxylation is 1. The summed E-state index contributed by atoms with van der Waals surface area (Å²) in [6.45, 7) is 4.57. The van der Waals surface area contributed by atoms with E-state index >= 15 is 0 Å². The Balaban J connectivity index is 2.12.